The van der Waals surface area contributed by atoms with Crippen molar-refractivity contribution < 1.29 is 0 Å². The van der Waals surface area contributed by atoms with Crippen LogP contribution < -0.4 is 5.32 Å². The van der Waals surface area contributed by atoms with Gasteiger partial charge in [-0.15, -0.1) is 0 Å². The molecule has 0 aromatic carbocycles. The molecule has 0 aliphatic carbocycles. The standard InChI is InChI=1S/C16H34N2/c1-4-5-6-7-8-9-12-18-13-10-11-17-16(14-18)15(2)3/h15-17H,4-14H2,1-3H3. The highest BCUT2D eigenvalue weighted by Crippen LogP contribution is 2.11. The zero-order valence-electron chi connectivity index (χ0n) is 12.9. The summed E-state index contributed by atoms with van der Waals surface area (Å²) >= 11 is 0. The van der Waals surface area contributed by atoms with E-state index in [0.29, 0.717) is 6.04 Å². The van der Waals surface area contributed by atoms with E-state index in [0.717, 1.165) is 5.92 Å². The first-order valence-corrected chi connectivity index (χ1v) is 8.19. The van der Waals surface area contributed by atoms with Gasteiger partial charge in [0, 0.05) is 12.6 Å². The Morgan fingerprint density at radius 3 is 2.56 bits per heavy atom. The van der Waals surface area contributed by atoms with Crippen molar-refractivity contribution in [2.24, 2.45) is 5.92 Å². The molecule has 1 aliphatic rings. The van der Waals surface area contributed by atoms with Gasteiger partial charge in [0.1, 0.15) is 0 Å². The molecule has 18 heavy (non-hydrogen) atoms. The fourth-order valence-corrected chi connectivity index (χ4v) is 2.79. The topological polar surface area (TPSA) is 15.3 Å². The lowest BCUT2D eigenvalue weighted by Gasteiger charge is -2.26. The molecule has 1 rings (SSSR count). The molecule has 108 valence electrons. The molecule has 0 bridgehead atoms. The minimum absolute atomic E-state index is 0.701. The number of unbranched alkanes of at least 4 members (excludes halogenated alkanes) is 5. The predicted octanol–water partition coefficient (Wildman–Crippen LogP) is 3.67. The van der Waals surface area contributed by atoms with Crippen molar-refractivity contribution in [3.8, 4) is 0 Å². The average Bonchev–Trinajstić information content (AvgIpc) is 2.59. The van der Waals surface area contributed by atoms with Crippen LogP contribution in [-0.4, -0.2) is 37.1 Å². The quantitative estimate of drug-likeness (QED) is 0.665. The van der Waals surface area contributed by atoms with E-state index in [4.69, 9.17) is 0 Å². The monoisotopic (exact) mass is 254 g/mol. The highest BCUT2D eigenvalue weighted by Gasteiger charge is 2.19. The summed E-state index contributed by atoms with van der Waals surface area (Å²) in [4.78, 5) is 2.69. The molecule has 1 saturated heterocycles. The van der Waals surface area contributed by atoms with Crippen molar-refractivity contribution >= 4 is 0 Å². The molecule has 1 N–H and O–H groups in total. The summed E-state index contributed by atoms with van der Waals surface area (Å²) in [6, 6.07) is 0.701. The zero-order valence-corrected chi connectivity index (χ0v) is 12.9. The number of nitrogens with one attached hydrogen (secondary N) is 1. The van der Waals surface area contributed by atoms with Gasteiger partial charge in [0.05, 0.1) is 0 Å². The van der Waals surface area contributed by atoms with Crippen molar-refractivity contribution in [1.29, 1.82) is 0 Å². The van der Waals surface area contributed by atoms with E-state index >= 15 is 0 Å². The summed E-state index contributed by atoms with van der Waals surface area (Å²) in [6.45, 7) is 12.0. The third kappa shape index (κ3) is 6.75. The van der Waals surface area contributed by atoms with Gasteiger partial charge in [-0.25, -0.2) is 0 Å². The maximum absolute atomic E-state index is 3.69. The van der Waals surface area contributed by atoms with E-state index in [1.807, 2.05) is 0 Å². The first-order chi connectivity index (χ1) is 8.74. The number of hydrogen-bond donors (Lipinski definition) is 1. The molecule has 0 radical (unpaired) electrons. The fraction of sp³-hybridized carbons (Fsp3) is 1.00. The van der Waals surface area contributed by atoms with Crippen LogP contribution in [0.4, 0.5) is 0 Å². The van der Waals surface area contributed by atoms with Crippen LogP contribution >= 0.6 is 0 Å². The molecule has 1 fully saturated rings. The Bertz CT molecular complexity index is 192. The van der Waals surface area contributed by atoms with Crippen LogP contribution in [-0.2, 0) is 0 Å². The van der Waals surface area contributed by atoms with Crippen LogP contribution in [0.2, 0.25) is 0 Å². The minimum atomic E-state index is 0.701. The van der Waals surface area contributed by atoms with Crippen molar-refractivity contribution in [2.75, 3.05) is 26.2 Å². The van der Waals surface area contributed by atoms with Gasteiger partial charge in [-0.2, -0.15) is 0 Å². The van der Waals surface area contributed by atoms with Crippen molar-refractivity contribution in [2.45, 2.75) is 71.8 Å². The number of rotatable bonds is 8. The molecule has 1 aliphatic heterocycles. The summed E-state index contributed by atoms with van der Waals surface area (Å²) in [5, 5.41) is 3.69. The van der Waals surface area contributed by atoms with Gasteiger partial charge in [-0.1, -0.05) is 52.9 Å². The van der Waals surface area contributed by atoms with E-state index in [1.54, 1.807) is 0 Å². The molecule has 0 amide bonds. The Balaban J connectivity index is 2.12. The first-order valence-electron chi connectivity index (χ1n) is 8.19. The normalized spacial score (nSPS) is 22.3. The summed E-state index contributed by atoms with van der Waals surface area (Å²) in [6.07, 6.45) is 9.79. The van der Waals surface area contributed by atoms with Gasteiger partial charge in [0.25, 0.3) is 0 Å². The van der Waals surface area contributed by atoms with Gasteiger partial charge in [0.2, 0.25) is 0 Å². The highest BCUT2D eigenvalue weighted by molar-refractivity contribution is 4.78. The zero-order chi connectivity index (χ0) is 13.2. The van der Waals surface area contributed by atoms with Crippen LogP contribution in [0.15, 0.2) is 0 Å². The third-order valence-corrected chi connectivity index (χ3v) is 4.15. The van der Waals surface area contributed by atoms with Crippen molar-refractivity contribution in [1.82, 2.24) is 10.2 Å². The van der Waals surface area contributed by atoms with Gasteiger partial charge in [-0.05, 0) is 38.4 Å². The molecular formula is C16H34N2. The lowest BCUT2D eigenvalue weighted by Crippen LogP contribution is -2.41. The Labute approximate surface area is 115 Å². The smallest absolute Gasteiger partial charge is 0.0217 e. The molecule has 0 spiro atoms. The van der Waals surface area contributed by atoms with E-state index in [-0.39, 0.29) is 0 Å². The average molecular weight is 254 g/mol. The Morgan fingerprint density at radius 1 is 1.11 bits per heavy atom. The molecular weight excluding hydrogens is 220 g/mol. The lowest BCUT2D eigenvalue weighted by molar-refractivity contribution is 0.241. The predicted molar refractivity (Wildman–Crippen MR) is 81.1 cm³/mol. The Kier molecular flexibility index (Phi) is 8.70. The largest absolute Gasteiger partial charge is 0.312 e. The van der Waals surface area contributed by atoms with Gasteiger partial charge < -0.3 is 10.2 Å². The summed E-state index contributed by atoms with van der Waals surface area (Å²) in [5.41, 5.74) is 0. The Morgan fingerprint density at radius 2 is 1.83 bits per heavy atom. The molecule has 2 nitrogen and oxygen atoms in total. The molecule has 2 heteroatoms. The van der Waals surface area contributed by atoms with E-state index in [1.165, 1.54) is 71.1 Å². The van der Waals surface area contributed by atoms with Crippen molar-refractivity contribution in [3.63, 3.8) is 0 Å². The maximum atomic E-state index is 3.69. The summed E-state index contributed by atoms with van der Waals surface area (Å²) < 4.78 is 0. The number of hydrogen-bond acceptors (Lipinski definition) is 2. The van der Waals surface area contributed by atoms with E-state index in [2.05, 4.69) is 31.0 Å². The van der Waals surface area contributed by atoms with Gasteiger partial charge in [-0.3, -0.25) is 0 Å². The number of nitrogens with zero attached hydrogens (tertiary/aromatic N) is 1. The molecule has 0 aromatic rings. The van der Waals surface area contributed by atoms with Gasteiger partial charge >= 0.3 is 0 Å². The minimum Gasteiger partial charge on any atom is -0.312 e. The van der Waals surface area contributed by atoms with Crippen LogP contribution in [0.25, 0.3) is 0 Å². The summed E-state index contributed by atoms with van der Waals surface area (Å²) in [5.74, 6) is 0.759. The van der Waals surface area contributed by atoms with Crippen LogP contribution in [0.1, 0.15) is 65.7 Å². The molecule has 0 saturated carbocycles. The molecule has 0 aromatic heterocycles. The first kappa shape index (κ1) is 16.0. The Hall–Kier alpha value is -0.0800. The van der Waals surface area contributed by atoms with Crippen LogP contribution in [0, 0.1) is 5.92 Å². The second kappa shape index (κ2) is 9.80. The lowest BCUT2D eigenvalue weighted by atomic mass is 10.0. The maximum Gasteiger partial charge on any atom is 0.0217 e. The second-order valence-electron chi connectivity index (χ2n) is 6.23. The summed E-state index contributed by atoms with van der Waals surface area (Å²) in [7, 11) is 0. The molecule has 1 unspecified atom stereocenters. The second-order valence-corrected chi connectivity index (χ2v) is 6.23. The van der Waals surface area contributed by atoms with E-state index < -0.39 is 0 Å². The van der Waals surface area contributed by atoms with Crippen LogP contribution in [0.5, 0.6) is 0 Å². The molecule has 1 heterocycles. The van der Waals surface area contributed by atoms with Crippen molar-refractivity contribution in [3.05, 3.63) is 0 Å². The SMILES string of the molecule is CCCCCCCCN1CCCNC(C(C)C)C1. The van der Waals surface area contributed by atoms with Gasteiger partial charge in [0.15, 0.2) is 0 Å². The van der Waals surface area contributed by atoms with E-state index in [9.17, 15) is 0 Å². The third-order valence-electron chi connectivity index (χ3n) is 4.15. The fourth-order valence-electron chi connectivity index (χ4n) is 2.79. The van der Waals surface area contributed by atoms with Crippen LogP contribution in [0.3, 0.4) is 0 Å². The molecule has 1 atom stereocenters. The highest BCUT2D eigenvalue weighted by atomic mass is 15.2.